The zero-order valence-corrected chi connectivity index (χ0v) is 16.9. The highest BCUT2D eigenvalue weighted by Gasteiger charge is 2.25. The van der Waals surface area contributed by atoms with Crippen LogP contribution in [-0.2, 0) is 16.1 Å². The van der Waals surface area contributed by atoms with E-state index in [0.717, 1.165) is 0 Å². The topological polar surface area (TPSA) is 91.0 Å². The van der Waals surface area contributed by atoms with Gasteiger partial charge in [-0.2, -0.15) is 0 Å². The van der Waals surface area contributed by atoms with Crippen molar-refractivity contribution in [3.8, 4) is 5.75 Å². The number of benzene rings is 3. The average molecular weight is 432 g/mol. The predicted molar refractivity (Wildman–Crippen MR) is 116 cm³/mol. The Morgan fingerprint density at radius 2 is 1.88 bits per heavy atom. The SMILES string of the molecule is Cc1ccc(C2=N/C(=C\c3ccc(OCc4ccccc4F)cc3)C(=O)O2)cc1[N+](=O)[O-]. The second kappa shape index (κ2) is 8.81. The number of hydrogen-bond acceptors (Lipinski definition) is 6. The second-order valence-corrected chi connectivity index (χ2v) is 7.04. The normalized spacial score (nSPS) is 14.2. The molecule has 1 aliphatic heterocycles. The molecule has 0 N–H and O–H groups in total. The summed E-state index contributed by atoms with van der Waals surface area (Å²) >= 11 is 0. The van der Waals surface area contributed by atoms with Crippen molar-refractivity contribution < 1.29 is 23.6 Å². The van der Waals surface area contributed by atoms with Crippen LogP contribution in [0.4, 0.5) is 10.1 Å². The van der Waals surface area contributed by atoms with Gasteiger partial charge in [-0.3, -0.25) is 10.1 Å². The van der Waals surface area contributed by atoms with E-state index in [9.17, 15) is 19.3 Å². The molecule has 0 atom stereocenters. The molecule has 0 spiro atoms. The lowest BCUT2D eigenvalue weighted by atomic mass is 10.1. The molecule has 1 heterocycles. The smallest absolute Gasteiger partial charge is 0.363 e. The summed E-state index contributed by atoms with van der Waals surface area (Å²) in [5, 5.41) is 11.1. The van der Waals surface area contributed by atoms with Gasteiger partial charge < -0.3 is 9.47 Å². The summed E-state index contributed by atoms with van der Waals surface area (Å²) in [7, 11) is 0. The zero-order valence-electron chi connectivity index (χ0n) is 16.9. The minimum atomic E-state index is -0.650. The first-order valence-electron chi connectivity index (χ1n) is 9.65. The van der Waals surface area contributed by atoms with E-state index in [1.54, 1.807) is 67.6 Å². The van der Waals surface area contributed by atoms with Gasteiger partial charge in [0.25, 0.3) is 5.69 Å². The maximum atomic E-state index is 13.7. The maximum Gasteiger partial charge on any atom is 0.363 e. The standard InChI is InChI=1S/C24H17FN2O5/c1-15-6-9-17(13-22(15)27(29)30)23-26-21(24(28)32-23)12-16-7-10-19(11-8-16)31-14-18-4-2-3-5-20(18)25/h2-13H,14H2,1H3/b21-12-. The molecule has 0 radical (unpaired) electrons. The summed E-state index contributed by atoms with van der Waals surface area (Å²) in [4.78, 5) is 27.0. The number of esters is 1. The molecule has 7 nitrogen and oxygen atoms in total. The molecule has 3 aromatic rings. The number of ether oxygens (including phenoxy) is 2. The lowest BCUT2D eigenvalue weighted by molar-refractivity contribution is -0.385. The molecule has 4 rings (SSSR count). The van der Waals surface area contributed by atoms with Crippen LogP contribution in [0, 0.1) is 22.9 Å². The highest BCUT2D eigenvalue weighted by molar-refractivity contribution is 6.13. The summed E-state index contributed by atoms with van der Waals surface area (Å²) in [6.07, 6.45) is 1.54. The molecule has 0 fully saturated rings. The number of nitro benzene ring substituents is 1. The molecule has 0 bridgehead atoms. The Kier molecular flexibility index (Phi) is 5.76. The molecule has 0 aromatic heterocycles. The van der Waals surface area contributed by atoms with Gasteiger partial charge in [-0.25, -0.2) is 14.2 Å². The van der Waals surface area contributed by atoms with Gasteiger partial charge in [0.2, 0.25) is 5.90 Å². The Balaban J connectivity index is 1.49. The van der Waals surface area contributed by atoms with Crippen LogP contribution in [0.3, 0.4) is 0 Å². The largest absolute Gasteiger partial charge is 0.489 e. The summed E-state index contributed by atoms with van der Waals surface area (Å²) in [6.45, 7) is 1.72. The fraction of sp³-hybridized carbons (Fsp3) is 0.0833. The van der Waals surface area contributed by atoms with Crippen molar-refractivity contribution >= 4 is 23.6 Å². The van der Waals surface area contributed by atoms with Gasteiger partial charge in [0.15, 0.2) is 5.70 Å². The third kappa shape index (κ3) is 4.54. The van der Waals surface area contributed by atoms with Crippen LogP contribution >= 0.6 is 0 Å². The number of carbonyl (C=O) groups is 1. The summed E-state index contributed by atoms with van der Waals surface area (Å²) < 4.78 is 24.5. The first-order valence-corrected chi connectivity index (χ1v) is 9.65. The Hall–Kier alpha value is -4.33. The number of rotatable bonds is 6. The number of aliphatic imine (C=N–C) groups is 1. The van der Waals surface area contributed by atoms with E-state index in [4.69, 9.17) is 9.47 Å². The van der Waals surface area contributed by atoms with Gasteiger partial charge in [-0.1, -0.05) is 36.4 Å². The lowest BCUT2D eigenvalue weighted by Gasteiger charge is -2.07. The Morgan fingerprint density at radius 1 is 1.12 bits per heavy atom. The minimum absolute atomic E-state index is 0.00851. The van der Waals surface area contributed by atoms with Crippen molar-refractivity contribution in [2.75, 3.05) is 0 Å². The van der Waals surface area contributed by atoms with Crippen LogP contribution in [0.25, 0.3) is 6.08 Å². The van der Waals surface area contributed by atoms with Crippen LogP contribution in [0.5, 0.6) is 5.75 Å². The van der Waals surface area contributed by atoms with E-state index in [-0.39, 0.29) is 29.7 Å². The molecule has 0 aliphatic carbocycles. The number of cyclic esters (lactones) is 1. The molecule has 3 aromatic carbocycles. The molecular weight excluding hydrogens is 415 g/mol. The van der Waals surface area contributed by atoms with Crippen molar-refractivity contribution in [1.29, 1.82) is 0 Å². The van der Waals surface area contributed by atoms with E-state index in [2.05, 4.69) is 4.99 Å². The van der Waals surface area contributed by atoms with Gasteiger partial charge in [-0.15, -0.1) is 0 Å². The fourth-order valence-electron chi connectivity index (χ4n) is 3.07. The molecule has 8 heteroatoms. The molecule has 1 aliphatic rings. The number of carbonyl (C=O) groups excluding carboxylic acids is 1. The van der Waals surface area contributed by atoms with Crippen molar-refractivity contribution in [3.05, 3.63) is 111 Å². The molecule has 0 saturated carbocycles. The Labute approximate surface area is 182 Å². The lowest BCUT2D eigenvalue weighted by Crippen LogP contribution is -2.06. The van der Waals surface area contributed by atoms with Crippen molar-refractivity contribution in [2.24, 2.45) is 4.99 Å². The summed E-state index contributed by atoms with van der Waals surface area (Å²) in [5.74, 6) is -0.431. The van der Waals surface area contributed by atoms with E-state index in [0.29, 0.717) is 28.0 Å². The van der Waals surface area contributed by atoms with Gasteiger partial charge in [0.05, 0.1) is 4.92 Å². The van der Waals surface area contributed by atoms with Gasteiger partial charge in [0.1, 0.15) is 18.2 Å². The Bertz CT molecular complexity index is 1270. The van der Waals surface area contributed by atoms with E-state index < -0.39 is 10.9 Å². The molecule has 0 unspecified atom stereocenters. The molecule has 160 valence electrons. The monoisotopic (exact) mass is 432 g/mol. The van der Waals surface area contributed by atoms with Gasteiger partial charge in [-0.05, 0) is 42.8 Å². The number of halogens is 1. The van der Waals surface area contributed by atoms with Crippen molar-refractivity contribution in [3.63, 3.8) is 0 Å². The predicted octanol–water partition coefficient (Wildman–Crippen LogP) is 4.97. The van der Waals surface area contributed by atoms with Crippen molar-refractivity contribution in [1.82, 2.24) is 0 Å². The molecule has 0 amide bonds. The van der Waals surface area contributed by atoms with Crippen LogP contribution in [0.15, 0.2) is 77.4 Å². The van der Waals surface area contributed by atoms with Crippen LogP contribution in [0.2, 0.25) is 0 Å². The Morgan fingerprint density at radius 3 is 2.59 bits per heavy atom. The quantitative estimate of drug-likeness (QED) is 0.237. The van der Waals surface area contributed by atoms with Crippen LogP contribution in [0.1, 0.15) is 22.3 Å². The summed E-state index contributed by atoms with van der Waals surface area (Å²) in [6, 6.07) is 17.7. The first kappa shape index (κ1) is 20.9. The highest BCUT2D eigenvalue weighted by Crippen LogP contribution is 2.25. The van der Waals surface area contributed by atoms with E-state index >= 15 is 0 Å². The van der Waals surface area contributed by atoms with Crippen LogP contribution < -0.4 is 4.74 Å². The number of nitrogens with zero attached hydrogens (tertiary/aromatic N) is 2. The fourth-order valence-corrected chi connectivity index (χ4v) is 3.07. The third-order valence-electron chi connectivity index (χ3n) is 4.81. The number of nitro groups is 1. The minimum Gasteiger partial charge on any atom is -0.489 e. The zero-order chi connectivity index (χ0) is 22.7. The van der Waals surface area contributed by atoms with E-state index in [1.165, 1.54) is 12.1 Å². The molecule has 32 heavy (non-hydrogen) atoms. The number of aryl methyl sites for hydroxylation is 1. The van der Waals surface area contributed by atoms with E-state index in [1.807, 2.05) is 0 Å². The second-order valence-electron chi connectivity index (χ2n) is 7.04. The highest BCUT2D eigenvalue weighted by atomic mass is 19.1. The number of hydrogen-bond donors (Lipinski definition) is 0. The van der Waals surface area contributed by atoms with Crippen molar-refractivity contribution in [2.45, 2.75) is 13.5 Å². The maximum absolute atomic E-state index is 13.7. The average Bonchev–Trinajstić information content (AvgIpc) is 3.14. The summed E-state index contributed by atoms with van der Waals surface area (Å²) in [5.41, 5.74) is 1.96. The first-order chi connectivity index (χ1) is 15.4. The van der Waals surface area contributed by atoms with Crippen LogP contribution in [-0.4, -0.2) is 16.8 Å². The molecule has 0 saturated heterocycles. The third-order valence-corrected chi connectivity index (χ3v) is 4.81. The van der Waals surface area contributed by atoms with Gasteiger partial charge in [0, 0.05) is 22.8 Å². The molecular formula is C24H17FN2O5. The van der Waals surface area contributed by atoms with Gasteiger partial charge >= 0.3 is 5.97 Å².